The molecule has 0 aliphatic rings. The first-order valence-electron chi connectivity index (χ1n) is 5.56. The number of benzene rings is 1. The summed E-state index contributed by atoms with van der Waals surface area (Å²) >= 11 is 5.83. The van der Waals surface area contributed by atoms with Gasteiger partial charge in [-0.25, -0.2) is 0 Å². The Hall–Kier alpha value is -0.890. The van der Waals surface area contributed by atoms with Gasteiger partial charge in [-0.3, -0.25) is 0 Å². The zero-order valence-corrected chi connectivity index (χ0v) is 10.9. The molecule has 16 heavy (non-hydrogen) atoms. The normalized spacial score (nSPS) is 10.2. The molecule has 0 heterocycles. The lowest BCUT2D eigenvalue weighted by atomic mass is 10.0. The van der Waals surface area contributed by atoms with Crippen LogP contribution in [0, 0.1) is 0 Å². The summed E-state index contributed by atoms with van der Waals surface area (Å²) in [6.45, 7) is 2.17. The highest BCUT2D eigenvalue weighted by atomic mass is 35.5. The van der Waals surface area contributed by atoms with Crippen molar-refractivity contribution in [3.63, 3.8) is 0 Å². The van der Waals surface area contributed by atoms with Crippen LogP contribution < -0.4 is 9.47 Å². The Bertz CT molecular complexity index is 312. The van der Waals surface area contributed by atoms with Gasteiger partial charge < -0.3 is 9.47 Å². The third kappa shape index (κ3) is 3.05. The zero-order chi connectivity index (χ0) is 12.0. The summed E-state index contributed by atoms with van der Waals surface area (Å²) in [6.07, 6.45) is 3.27. The second kappa shape index (κ2) is 6.64. The van der Waals surface area contributed by atoms with Crippen molar-refractivity contribution in [1.29, 1.82) is 0 Å². The molecule has 0 radical (unpaired) electrons. The second-order valence-electron chi connectivity index (χ2n) is 3.72. The first-order chi connectivity index (χ1) is 7.76. The van der Waals surface area contributed by atoms with E-state index in [1.54, 1.807) is 14.2 Å². The predicted octanol–water partition coefficient (Wildman–Crippen LogP) is 3.79. The van der Waals surface area contributed by atoms with Gasteiger partial charge in [0.05, 0.1) is 14.2 Å². The number of ether oxygens (including phenoxy) is 2. The van der Waals surface area contributed by atoms with Gasteiger partial charge in [0.2, 0.25) is 0 Å². The fraction of sp³-hybridized carbons (Fsp3) is 0.538. The highest BCUT2D eigenvalue weighted by Gasteiger charge is 2.11. The van der Waals surface area contributed by atoms with E-state index in [4.69, 9.17) is 21.1 Å². The van der Waals surface area contributed by atoms with Crippen LogP contribution in [0.4, 0.5) is 0 Å². The highest BCUT2D eigenvalue weighted by Crippen LogP contribution is 2.32. The largest absolute Gasteiger partial charge is 0.496 e. The van der Waals surface area contributed by atoms with Crippen molar-refractivity contribution < 1.29 is 9.47 Å². The number of unbranched alkanes of at least 4 members (excludes halogenated alkanes) is 1. The molecule has 0 fully saturated rings. The minimum absolute atomic E-state index is 0.473. The van der Waals surface area contributed by atoms with Crippen LogP contribution in [0.15, 0.2) is 12.1 Å². The molecule has 1 aromatic rings. The summed E-state index contributed by atoms with van der Waals surface area (Å²) < 4.78 is 10.8. The topological polar surface area (TPSA) is 18.5 Å². The van der Waals surface area contributed by atoms with Crippen molar-refractivity contribution in [3.05, 3.63) is 23.3 Å². The predicted molar refractivity (Wildman–Crippen MR) is 67.7 cm³/mol. The van der Waals surface area contributed by atoms with Gasteiger partial charge in [0.1, 0.15) is 11.5 Å². The lowest BCUT2D eigenvalue weighted by Gasteiger charge is -2.14. The maximum absolute atomic E-state index is 5.83. The van der Waals surface area contributed by atoms with Crippen molar-refractivity contribution in [2.45, 2.75) is 32.1 Å². The molecule has 0 aliphatic carbocycles. The van der Waals surface area contributed by atoms with Gasteiger partial charge >= 0.3 is 0 Å². The summed E-state index contributed by atoms with van der Waals surface area (Å²) in [5.74, 6) is 2.23. The van der Waals surface area contributed by atoms with Crippen LogP contribution in [0.2, 0.25) is 0 Å². The first kappa shape index (κ1) is 13.2. The van der Waals surface area contributed by atoms with E-state index in [1.807, 2.05) is 12.1 Å². The van der Waals surface area contributed by atoms with Crippen molar-refractivity contribution in [2.24, 2.45) is 0 Å². The molecule has 0 aromatic heterocycles. The van der Waals surface area contributed by atoms with Crippen molar-refractivity contribution >= 4 is 11.6 Å². The van der Waals surface area contributed by atoms with Gasteiger partial charge in [0.15, 0.2) is 0 Å². The Kier molecular flexibility index (Phi) is 5.47. The van der Waals surface area contributed by atoms with Gasteiger partial charge in [-0.05, 0) is 30.5 Å². The van der Waals surface area contributed by atoms with Crippen molar-refractivity contribution in [2.75, 3.05) is 14.2 Å². The van der Waals surface area contributed by atoms with E-state index in [-0.39, 0.29) is 0 Å². The molecule has 0 atom stereocenters. The first-order valence-corrected chi connectivity index (χ1v) is 6.10. The fourth-order valence-electron chi connectivity index (χ4n) is 1.72. The maximum Gasteiger partial charge on any atom is 0.126 e. The van der Waals surface area contributed by atoms with Crippen molar-refractivity contribution in [3.8, 4) is 11.5 Å². The van der Waals surface area contributed by atoms with Crippen LogP contribution in [0.5, 0.6) is 11.5 Å². The summed E-state index contributed by atoms with van der Waals surface area (Å²) in [4.78, 5) is 0. The molecular formula is C13H19ClO2. The molecule has 0 spiro atoms. The molecule has 0 aliphatic heterocycles. The number of alkyl halides is 1. The van der Waals surface area contributed by atoms with E-state index in [0.717, 1.165) is 41.9 Å². The van der Waals surface area contributed by atoms with Gasteiger partial charge in [0.25, 0.3) is 0 Å². The molecule has 0 saturated carbocycles. The van der Waals surface area contributed by atoms with E-state index in [2.05, 4.69) is 6.92 Å². The summed E-state index contributed by atoms with van der Waals surface area (Å²) in [5, 5.41) is 0. The fourth-order valence-corrected chi connectivity index (χ4v) is 1.87. The van der Waals surface area contributed by atoms with Gasteiger partial charge in [-0.2, -0.15) is 0 Å². The average molecular weight is 243 g/mol. The van der Waals surface area contributed by atoms with Gasteiger partial charge in [-0.1, -0.05) is 13.3 Å². The molecule has 0 saturated heterocycles. The van der Waals surface area contributed by atoms with Crippen LogP contribution in [0.1, 0.15) is 30.9 Å². The summed E-state index contributed by atoms with van der Waals surface area (Å²) in [6, 6.07) is 3.97. The molecule has 0 N–H and O–H groups in total. The van der Waals surface area contributed by atoms with E-state index in [1.165, 1.54) is 0 Å². The quantitative estimate of drug-likeness (QED) is 0.707. The third-order valence-corrected chi connectivity index (χ3v) is 2.91. The molecule has 90 valence electrons. The Labute approximate surface area is 103 Å². The third-order valence-electron chi connectivity index (χ3n) is 2.60. The molecule has 0 amide bonds. The molecule has 2 nitrogen and oxygen atoms in total. The number of hydrogen-bond donors (Lipinski definition) is 0. The average Bonchev–Trinajstić information content (AvgIpc) is 2.35. The number of halogens is 1. The Morgan fingerprint density at radius 2 is 1.69 bits per heavy atom. The minimum Gasteiger partial charge on any atom is -0.496 e. The monoisotopic (exact) mass is 242 g/mol. The number of hydrogen-bond acceptors (Lipinski definition) is 2. The van der Waals surface area contributed by atoms with Crippen LogP contribution in [0.25, 0.3) is 0 Å². The lowest BCUT2D eigenvalue weighted by molar-refractivity contribution is 0.383. The molecule has 0 bridgehead atoms. The van der Waals surface area contributed by atoms with E-state index in [9.17, 15) is 0 Å². The SMILES string of the molecule is CCCCc1c(OC)cc(CCl)cc1OC. The van der Waals surface area contributed by atoms with E-state index < -0.39 is 0 Å². The molecule has 0 unspecified atom stereocenters. The Morgan fingerprint density at radius 3 is 2.06 bits per heavy atom. The van der Waals surface area contributed by atoms with Crippen molar-refractivity contribution in [1.82, 2.24) is 0 Å². The molecular weight excluding hydrogens is 224 g/mol. The standard InChI is InChI=1S/C13H19ClO2/c1-4-5-6-11-12(15-2)7-10(9-14)8-13(11)16-3/h7-8H,4-6,9H2,1-3H3. The van der Waals surface area contributed by atoms with E-state index >= 15 is 0 Å². The van der Waals surface area contributed by atoms with Gasteiger partial charge in [-0.15, -0.1) is 11.6 Å². The summed E-state index contributed by atoms with van der Waals surface area (Å²) in [7, 11) is 3.37. The summed E-state index contributed by atoms with van der Waals surface area (Å²) in [5.41, 5.74) is 2.16. The molecule has 3 heteroatoms. The number of rotatable bonds is 6. The lowest BCUT2D eigenvalue weighted by Crippen LogP contribution is -1.98. The second-order valence-corrected chi connectivity index (χ2v) is 3.98. The molecule has 1 rings (SSSR count). The van der Waals surface area contributed by atoms with Crippen LogP contribution in [-0.2, 0) is 12.3 Å². The zero-order valence-electron chi connectivity index (χ0n) is 10.2. The molecule has 1 aromatic carbocycles. The highest BCUT2D eigenvalue weighted by molar-refractivity contribution is 6.17. The van der Waals surface area contributed by atoms with Crippen LogP contribution in [0.3, 0.4) is 0 Å². The smallest absolute Gasteiger partial charge is 0.126 e. The maximum atomic E-state index is 5.83. The van der Waals surface area contributed by atoms with E-state index in [0.29, 0.717) is 5.88 Å². The Balaban J connectivity index is 3.09. The van der Waals surface area contributed by atoms with Crippen LogP contribution in [-0.4, -0.2) is 14.2 Å². The van der Waals surface area contributed by atoms with Gasteiger partial charge in [0, 0.05) is 11.4 Å². The number of methoxy groups -OCH3 is 2. The van der Waals surface area contributed by atoms with Crippen LogP contribution >= 0.6 is 11.6 Å². The minimum atomic E-state index is 0.473. The Morgan fingerprint density at radius 1 is 1.12 bits per heavy atom.